The van der Waals surface area contributed by atoms with Crippen LogP contribution in [0.2, 0.25) is 0 Å². The Labute approximate surface area is 88.8 Å². The van der Waals surface area contributed by atoms with Crippen LogP contribution >= 0.6 is 11.3 Å². The summed E-state index contributed by atoms with van der Waals surface area (Å²) in [5, 5.41) is 10.3. The monoisotopic (exact) mass is 211 g/mol. The van der Waals surface area contributed by atoms with E-state index in [2.05, 4.69) is 42.5 Å². The molecule has 0 atom stereocenters. The van der Waals surface area contributed by atoms with Gasteiger partial charge >= 0.3 is 0 Å². The highest BCUT2D eigenvalue weighted by Gasteiger charge is 1.98. The Morgan fingerprint density at radius 3 is 2.64 bits per heavy atom. The smallest absolute Gasteiger partial charge is 0.210 e. The average molecular weight is 211 g/mol. The van der Waals surface area contributed by atoms with Crippen molar-refractivity contribution in [1.29, 1.82) is 0 Å². The van der Waals surface area contributed by atoms with Gasteiger partial charge in [0.05, 0.1) is 0 Å². The van der Waals surface area contributed by atoms with Crippen molar-refractivity contribution in [3.05, 3.63) is 16.4 Å². The zero-order valence-corrected chi connectivity index (χ0v) is 9.95. The van der Waals surface area contributed by atoms with Crippen molar-refractivity contribution in [3.63, 3.8) is 0 Å². The quantitative estimate of drug-likeness (QED) is 0.543. The van der Waals surface area contributed by atoms with E-state index >= 15 is 0 Å². The summed E-state index contributed by atoms with van der Waals surface area (Å²) in [6.45, 7) is 8.45. The zero-order chi connectivity index (χ0) is 10.6. The van der Waals surface area contributed by atoms with Gasteiger partial charge in [-0.3, -0.25) is 0 Å². The van der Waals surface area contributed by atoms with Crippen LogP contribution in [-0.4, -0.2) is 10.8 Å². The molecule has 0 aliphatic heterocycles. The molecule has 0 spiro atoms. The lowest BCUT2D eigenvalue weighted by atomic mass is 10.3. The maximum Gasteiger partial charge on any atom is 0.210 e. The highest BCUT2D eigenvalue weighted by molar-refractivity contribution is 7.07. The fourth-order valence-electron chi connectivity index (χ4n) is 0.966. The first-order valence-corrected chi connectivity index (χ1v) is 5.72. The SMILES string of the molecule is CC(C)/C=N/N=c1\sccn1C(C)C. The molecule has 1 aromatic rings. The minimum absolute atomic E-state index is 0.439. The van der Waals surface area contributed by atoms with Crippen LogP contribution in [0.5, 0.6) is 0 Å². The normalized spacial score (nSPS) is 13.7. The van der Waals surface area contributed by atoms with Gasteiger partial charge in [0.1, 0.15) is 0 Å². The third kappa shape index (κ3) is 3.10. The number of hydrogen-bond acceptors (Lipinski definition) is 3. The van der Waals surface area contributed by atoms with Gasteiger partial charge in [-0.05, 0) is 19.8 Å². The molecule has 14 heavy (non-hydrogen) atoms. The summed E-state index contributed by atoms with van der Waals surface area (Å²) in [7, 11) is 0. The Morgan fingerprint density at radius 1 is 1.36 bits per heavy atom. The fraction of sp³-hybridized carbons (Fsp3) is 0.600. The van der Waals surface area contributed by atoms with Crippen LogP contribution < -0.4 is 4.80 Å². The molecule has 1 heterocycles. The fourth-order valence-corrected chi connectivity index (χ4v) is 1.77. The summed E-state index contributed by atoms with van der Waals surface area (Å²) < 4.78 is 2.11. The lowest BCUT2D eigenvalue weighted by Gasteiger charge is -2.04. The summed E-state index contributed by atoms with van der Waals surface area (Å²) >= 11 is 1.61. The van der Waals surface area contributed by atoms with Gasteiger partial charge in [-0.15, -0.1) is 16.4 Å². The van der Waals surface area contributed by atoms with Crippen molar-refractivity contribution in [3.8, 4) is 0 Å². The van der Waals surface area contributed by atoms with Gasteiger partial charge in [0.15, 0.2) is 0 Å². The van der Waals surface area contributed by atoms with Crippen LogP contribution in [0.15, 0.2) is 21.8 Å². The minimum atomic E-state index is 0.439. The van der Waals surface area contributed by atoms with E-state index in [0.29, 0.717) is 12.0 Å². The highest BCUT2D eigenvalue weighted by Crippen LogP contribution is 2.01. The van der Waals surface area contributed by atoms with E-state index in [9.17, 15) is 0 Å². The van der Waals surface area contributed by atoms with Crippen LogP contribution in [-0.2, 0) is 0 Å². The molecule has 4 heteroatoms. The van der Waals surface area contributed by atoms with Gasteiger partial charge in [0.25, 0.3) is 0 Å². The van der Waals surface area contributed by atoms with Gasteiger partial charge in [0.2, 0.25) is 4.80 Å². The van der Waals surface area contributed by atoms with Gasteiger partial charge < -0.3 is 4.57 Å². The first kappa shape index (κ1) is 11.2. The summed E-state index contributed by atoms with van der Waals surface area (Å²) in [5.74, 6) is 0.450. The summed E-state index contributed by atoms with van der Waals surface area (Å²) in [5.41, 5.74) is 0. The standard InChI is InChI=1S/C10H17N3S/c1-8(2)7-11-12-10-13(9(3)4)5-6-14-10/h5-9H,1-4H3/b11-7+,12-10-. The van der Waals surface area contributed by atoms with Gasteiger partial charge in [-0.25, -0.2) is 0 Å². The summed E-state index contributed by atoms with van der Waals surface area (Å²) in [6, 6.07) is 0.439. The first-order chi connectivity index (χ1) is 6.61. The van der Waals surface area contributed by atoms with Crippen LogP contribution in [0, 0.1) is 5.92 Å². The Bertz CT molecular complexity index is 357. The molecule has 0 N–H and O–H groups in total. The molecule has 0 aliphatic rings. The van der Waals surface area contributed by atoms with E-state index in [4.69, 9.17) is 0 Å². The van der Waals surface area contributed by atoms with Crippen LogP contribution in [0.25, 0.3) is 0 Å². The average Bonchev–Trinajstić information content (AvgIpc) is 2.51. The molecule has 1 rings (SSSR count). The molecule has 0 aromatic carbocycles. The molecule has 0 radical (unpaired) electrons. The lowest BCUT2D eigenvalue weighted by molar-refractivity contribution is 0.581. The van der Waals surface area contributed by atoms with E-state index in [1.165, 1.54) is 0 Å². The molecule has 0 unspecified atom stereocenters. The van der Waals surface area contributed by atoms with Crippen LogP contribution in [0.4, 0.5) is 0 Å². The number of hydrogen-bond donors (Lipinski definition) is 0. The maximum absolute atomic E-state index is 4.18. The second-order valence-corrected chi connectivity index (χ2v) is 4.67. The molecule has 78 valence electrons. The van der Waals surface area contributed by atoms with Crippen LogP contribution in [0.1, 0.15) is 33.7 Å². The van der Waals surface area contributed by atoms with Crippen molar-refractivity contribution in [2.75, 3.05) is 0 Å². The lowest BCUT2D eigenvalue weighted by Crippen LogP contribution is -2.15. The molecule has 1 aromatic heterocycles. The van der Waals surface area contributed by atoms with Crippen molar-refractivity contribution >= 4 is 17.6 Å². The predicted octanol–water partition coefficient (Wildman–Crippen LogP) is 2.67. The van der Waals surface area contributed by atoms with E-state index < -0.39 is 0 Å². The Hall–Kier alpha value is -0.900. The number of aromatic nitrogens is 1. The third-order valence-corrected chi connectivity index (χ3v) is 2.44. The van der Waals surface area contributed by atoms with E-state index in [0.717, 1.165) is 4.80 Å². The largest absolute Gasteiger partial charge is 0.320 e. The van der Waals surface area contributed by atoms with Gasteiger partial charge in [-0.1, -0.05) is 13.8 Å². The van der Waals surface area contributed by atoms with E-state index in [1.807, 2.05) is 17.8 Å². The second kappa shape index (κ2) is 5.10. The Kier molecular flexibility index (Phi) is 4.07. The topological polar surface area (TPSA) is 29.6 Å². The highest BCUT2D eigenvalue weighted by atomic mass is 32.1. The summed E-state index contributed by atoms with van der Waals surface area (Å²) in [6.07, 6.45) is 3.89. The molecule has 0 aliphatic carbocycles. The number of thiazole rings is 1. The third-order valence-electron chi connectivity index (χ3n) is 1.68. The second-order valence-electron chi connectivity index (χ2n) is 3.80. The van der Waals surface area contributed by atoms with Gasteiger partial charge in [-0.2, -0.15) is 5.10 Å². The molecule has 0 fully saturated rings. The van der Waals surface area contributed by atoms with Crippen molar-refractivity contribution in [2.45, 2.75) is 33.7 Å². The number of rotatable bonds is 3. The molecule has 3 nitrogen and oxygen atoms in total. The molecular formula is C10H17N3S. The Morgan fingerprint density at radius 2 is 2.07 bits per heavy atom. The molecule has 0 bridgehead atoms. The number of nitrogens with zero attached hydrogens (tertiary/aromatic N) is 3. The van der Waals surface area contributed by atoms with Gasteiger partial charge in [0, 0.05) is 23.8 Å². The Balaban J connectivity index is 2.89. The first-order valence-electron chi connectivity index (χ1n) is 4.84. The van der Waals surface area contributed by atoms with Crippen LogP contribution in [0.3, 0.4) is 0 Å². The predicted molar refractivity (Wildman–Crippen MR) is 61.6 cm³/mol. The molecule has 0 saturated heterocycles. The maximum atomic E-state index is 4.18. The van der Waals surface area contributed by atoms with E-state index in [-0.39, 0.29) is 0 Å². The van der Waals surface area contributed by atoms with Crippen molar-refractivity contribution < 1.29 is 0 Å². The zero-order valence-electron chi connectivity index (χ0n) is 9.14. The molecular weight excluding hydrogens is 194 g/mol. The molecule has 0 amide bonds. The van der Waals surface area contributed by atoms with Crippen molar-refractivity contribution in [1.82, 2.24) is 4.57 Å². The summed E-state index contributed by atoms with van der Waals surface area (Å²) in [4.78, 5) is 0.955. The minimum Gasteiger partial charge on any atom is -0.320 e. The van der Waals surface area contributed by atoms with Crippen molar-refractivity contribution in [2.24, 2.45) is 16.1 Å². The molecule has 0 saturated carbocycles. The van der Waals surface area contributed by atoms with E-state index in [1.54, 1.807) is 11.3 Å².